The summed E-state index contributed by atoms with van der Waals surface area (Å²) in [5.41, 5.74) is 0. The first-order chi connectivity index (χ1) is 7.02. The van der Waals surface area contributed by atoms with Crippen molar-refractivity contribution < 1.29 is 19.2 Å². The fourth-order valence-corrected chi connectivity index (χ4v) is 1.06. The minimum Gasteiger partial charge on any atom is -0.480 e. The van der Waals surface area contributed by atoms with Crippen LogP contribution in [0.25, 0.3) is 0 Å². The minimum absolute atomic E-state index is 0.00176. The summed E-state index contributed by atoms with van der Waals surface area (Å²) < 4.78 is 4.60. The van der Waals surface area contributed by atoms with Gasteiger partial charge in [-0.25, -0.2) is 4.79 Å². The maximum Gasteiger partial charge on any atom is 0.326 e. The van der Waals surface area contributed by atoms with E-state index in [2.05, 4.69) is 15.0 Å². The molecule has 0 saturated heterocycles. The summed E-state index contributed by atoms with van der Waals surface area (Å²) in [5.74, 6) is -1.84. The van der Waals surface area contributed by atoms with Gasteiger partial charge in [0.25, 0.3) is 5.91 Å². The maximum absolute atomic E-state index is 11.4. The van der Waals surface area contributed by atoms with E-state index in [-0.39, 0.29) is 11.7 Å². The summed E-state index contributed by atoms with van der Waals surface area (Å²) in [7, 11) is 0. The van der Waals surface area contributed by atoms with Crippen molar-refractivity contribution in [3.05, 3.63) is 18.0 Å². The summed E-state index contributed by atoms with van der Waals surface area (Å²) in [6.45, 7) is 3.42. The van der Waals surface area contributed by atoms with E-state index in [0.717, 1.165) is 0 Å². The Hall–Kier alpha value is -1.85. The van der Waals surface area contributed by atoms with E-state index in [1.807, 2.05) is 0 Å². The van der Waals surface area contributed by atoms with Crippen molar-refractivity contribution in [2.45, 2.75) is 19.9 Å². The highest BCUT2D eigenvalue weighted by Gasteiger charge is 2.24. The standard InChI is InChI=1S/C9H12N2O4/c1-5(2)7(9(13)14)11-8(12)6-3-4-10-15-6/h3-5,7H,1-2H3,(H,11,12)(H,13,14)/t7-/m1/s1. The predicted molar refractivity (Wildman–Crippen MR) is 50.2 cm³/mol. The third kappa shape index (κ3) is 2.80. The molecule has 0 aliphatic heterocycles. The van der Waals surface area contributed by atoms with Gasteiger partial charge in [-0.1, -0.05) is 19.0 Å². The number of carbonyl (C=O) groups is 2. The Kier molecular flexibility index (Phi) is 3.43. The molecule has 0 fully saturated rings. The number of carbonyl (C=O) groups excluding carboxylic acids is 1. The molecule has 2 N–H and O–H groups in total. The number of carboxylic acids is 1. The molecule has 0 aliphatic carbocycles. The zero-order valence-corrected chi connectivity index (χ0v) is 8.43. The van der Waals surface area contributed by atoms with Crippen molar-refractivity contribution in [2.75, 3.05) is 0 Å². The molecule has 0 unspecified atom stereocenters. The van der Waals surface area contributed by atoms with Gasteiger partial charge in [0.2, 0.25) is 5.76 Å². The second kappa shape index (κ2) is 4.59. The lowest BCUT2D eigenvalue weighted by molar-refractivity contribution is -0.140. The van der Waals surface area contributed by atoms with Crippen LogP contribution in [-0.2, 0) is 4.79 Å². The molecular formula is C9H12N2O4. The zero-order valence-electron chi connectivity index (χ0n) is 8.43. The Balaban J connectivity index is 2.67. The SMILES string of the molecule is CC(C)[C@@H](NC(=O)c1ccno1)C(=O)O. The van der Waals surface area contributed by atoms with Crippen LogP contribution < -0.4 is 5.32 Å². The number of amides is 1. The molecule has 1 aromatic heterocycles. The second-order valence-electron chi connectivity index (χ2n) is 3.41. The van der Waals surface area contributed by atoms with Crippen molar-refractivity contribution in [3.8, 4) is 0 Å². The van der Waals surface area contributed by atoms with Crippen molar-refractivity contribution >= 4 is 11.9 Å². The highest BCUT2D eigenvalue weighted by atomic mass is 16.5. The van der Waals surface area contributed by atoms with E-state index in [9.17, 15) is 9.59 Å². The van der Waals surface area contributed by atoms with E-state index in [1.165, 1.54) is 12.3 Å². The summed E-state index contributed by atoms with van der Waals surface area (Å²) in [6.07, 6.45) is 1.32. The average molecular weight is 212 g/mol. The topological polar surface area (TPSA) is 92.4 Å². The molecule has 6 nitrogen and oxygen atoms in total. The lowest BCUT2D eigenvalue weighted by Crippen LogP contribution is -2.44. The molecule has 1 aromatic rings. The highest BCUT2D eigenvalue weighted by molar-refractivity contribution is 5.94. The molecule has 15 heavy (non-hydrogen) atoms. The first kappa shape index (κ1) is 11.2. The van der Waals surface area contributed by atoms with Crippen LogP contribution in [-0.4, -0.2) is 28.2 Å². The van der Waals surface area contributed by atoms with Gasteiger partial charge in [-0.2, -0.15) is 0 Å². The number of hydrogen-bond acceptors (Lipinski definition) is 4. The molecule has 82 valence electrons. The fraction of sp³-hybridized carbons (Fsp3) is 0.444. The molecule has 0 spiro atoms. The van der Waals surface area contributed by atoms with E-state index >= 15 is 0 Å². The monoisotopic (exact) mass is 212 g/mol. The number of nitrogens with one attached hydrogen (secondary N) is 1. The molecular weight excluding hydrogens is 200 g/mol. The largest absolute Gasteiger partial charge is 0.480 e. The van der Waals surface area contributed by atoms with Gasteiger partial charge in [-0.3, -0.25) is 4.79 Å². The van der Waals surface area contributed by atoms with Gasteiger partial charge < -0.3 is 14.9 Å². The van der Waals surface area contributed by atoms with Crippen LogP contribution in [0.5, 0.6) is 0 Å². The quantitative estimate of drug-likeness (QED) is 0.758. The Morgan fingerprint density at radius 2 is 2.20 bits per heavy atom. The van der Waals surface area contributed by atoms with E-state index < -0.39 is 17.9 Å². The summed E-state index contributed by atoms with van der Waals surface area (Å²) >= 11 is 0. The molecule has 0 radical (unpaired) electrons. The summed E-state index contributed by atoms with van der Waals surface area (Å²) in [6, 6.07) is 0.441. The van der Waals surface area contributed by atoms with Gasteiger partial charge in [-0.15, -0.1) is 0 Å². The summed E-state index contributed by atoms with van der Waals surface area (Å²) in [4.78, 5) is 22.2. The minimum atomic E-state index is -1.07. The molecule has 0 bridgehead atoms. The molecule has 1 atom stereocenters. The van der Waals surface area contributed by atoms with Gasteiger partial charge in [0.1, 0.15) is 6.04 Å². The molecule has 0 saturated carbocycles. The Morgan fingerprint density at radius 1 is 1.53 bits per heavy atom. The Morgan fingerprint density at radius 3 is 2.60 bits per heavy atom. The van der Waals surface area contributed by atoms with Crippen LogP contribution in [0.15, 0.2) is 16.8 Å². The van der Waals surface area contributed by atoms with Crippen molar-refractivity contribution in [1.29, 1.82) is 0 Å². The molecule has 6 heteroatoms. The molecule has 1 rings (SSSR count). The predicted octanol–water partition coefficient (Wildman–Crippen LogP) is 0.514. The zero-order chi connectivity index (χ0) is 11.4. The first-order valence-corrected chi connectivity index (χ1v) is 4.46. The fourth-order valence-electron chi connectivity index (χ4n) is 1.06. The van der Waals surface area contributed by atoms with Gasteiger partial charge in [0, 0.05) is 6.07 Å². The number of hydrogen-bond donors (Lipinski definition) is 2. The number of carboxylic acid groups (broad SMARTS) is 1. The van der Waals surface area contributed by atoms with Crippen LogP contribution in [0.4, 0.5) is 0 Å². The van der Waals surface area contributed by atoms with Crippen LogP contribution in [0, 0.1) is 5.92 Å². The van der Waals surface area contributed by atoms with Gasteiger partial charge >= 0.3 is 5.97 Å². The molecule has 0 aliphatic rings. The number of aromatic nitrogens is 1. The van der Waals surface area contributed by atoms with Gasteiger partial charge in [-0.05, 0) is 5.92 Å². The number of nitrogens with zero attached hydrogens (tertiary/aromatic N) is 1. The third-order valence-electron chi connectivity index (χ3n) is 1.88. The highest BCUT2D eigenvalue weighted by Crippen LogP contribution is 2.04. The smallest absolute Gasteiger partial charge is 0.326 e. The average Bonchev–Trinajstić information content (AvgIpc) is 2.65. The van der Waals surface area contributed by atoms with Crippen LogP contribution in [0.1, 0.15) is 24.4 Å². The van der Waals surface area contributed by atoms with Crippen molar-refractivity contribution in [1.82, 2.24) is 10.5 Å². The van der Waals surface area contributed by atoms with Gasteiger partial charge in [0.15, 0.2) is 0 Å². The maximum atomic E-state index is 11.4. The second-order valence-corrected chi connectivity index (χ2v) is 3.41. The lowest BCUT2D eigenvalue weighted by Gasteiger charge is -2.16. The number of rotatable bonds is 4. The van der Waals surface area contributed by atoms with Crippen molar-refractivity contribution in [3.63, 3.8) is 0 Å². The van der Waals surface area contributed by atoms with Crippen LogP contribution >= 0.6 is 0 Å². The van der Waals surface area contributed by atoms with E-state index in [1.54, 1.807) is 13.8 Å². The molecule has 0 aromatic carbocycles. The van der Waals surface area contributed by atoms with Crippen molar-refractivity contribution in [2.24, 2.45) is 5.92 Å². The lowest BCUT2D eigenvalue weighted by atomic mass is 10.0. The van der Waals surface area contributed by atoms with Crippen LogP contribution in [0.2, 0.25) is 0 Å². The Bertz CT molecular complexity index is 345. The summed E-state index contributed by atoms with van der Waals surface area (Å²) in [5, 5.41) is 14.5. The Labute approximate surface area is 86.3 Å². The third-order valence-corrected chi connectivity index (χ3v) is 1.88. The normalized spacial score (nSPS) is 12.5. The van der Waals surface area contributed by atoms with Crippen LogP contribution in [0.3, 0.4) is 0 Å². The van der Waals surface area contributed by atoms with E-state index in [4.69, 9.17) is 5.11 Å². The first-order valence-electron chi connectivity index (χ1n) is 4.46. The van der Waals surface area contributed by atoms with E-state index in [0.29, 0.717) is 0 Å². The van der Waals surface area contributed by atoms with Gasteiger partial charge in [0.05, 0.1) is 6.20 Å². The molecule has 1 heterocycles. The molecule has 1 amide bonds. The number of aliphatic carboxylic acids is 1.